The number of rotatable bonds is 4. The van der Waals surface area contributed by atoms with Gasteiger partial charge in [-0.2, -0.15) is 0 Å². The fourth-order valence-corrected chi connectivity index (χ4v) is 2.96. The second-order valence-electron chi connectivity index (χ2n) is 5.83. The second kappa shape index (κ2) is 6.94. The molecule has 0 spiro atoms. The summed E-state index contributed by atoms with van der Waals surface area (Å²) < 4.78 is 11.3. The molecule has 1 aromatic rings. The summed E-state index contributed by atoms with van der Waals surface area (Å²) in [5, 5.41) is 0. The van der Waals surface area contributed by atoms with E-state index in [0.29, 0.717) is 6.61 Å². The Morgan fingerprint density at radius 2 is 2.10 bits per heavy atom. The number of carbonyl (C=O) groups is 1. The molecule has 2 fully saturated rings. The normalized spacial score (nSPS) is 22.3. The summed E-state index contributed by atoms with van der Waals surface area (Å²) in [5.74, 6) is 0.880. The molecule has 0 saturated carbocycles. The number of piperidine rings is 1. The molecule has 3 rings (SSSR count). The SMILES string of the molecule is O=C(c1cccc(OCC2CCCO2)c1)N1CCCCC1. The van der Waals surface area contributed by atoms with Gasteiger partial charge >= 0.3 is 0 Å². The Bertz CT molecular complexity index is 477. The Morgan fingerprint density at radius 3 is 2.86 bits per heavy atom. The van der Waals surface area contributed by atoms with E-state index in [2.05, 4.69) is 0 Å². The van der Waals surface area contributed by atoms with Crippen LogP contribution in [0.3, 0.4) is 0 Å². The number of nitrogens with zero attached hydrogens (tertiary/aromatic N) is 1. The molecule has 1 aromatic carbocycles. The van der Waals surface area contributed by atoms with Crippen molar-refractivity contribution >= 4 is 5.91 Å². The van der Waals surface area contributed by atoms with E-state index in [1.165, 1.54) is 6.42 Å². The van der Waals surface area contributed by atoms with Gasteiger partial charge in [-0.3, -0.25) is 4.79 Å². The van der Waals surface area contributed by atoms with Crippen LogP contribution in [0.15, 0.2) is 24.3 Å². The third-order valence-electron chi connectivity index (χ3n) is 4.18. The molecule has 2 aliphatic heterocycles. The Morgan fingerprint density at radius 1 is 1.24 bits per heavy atom. The second-order valence-corrected chi connectivity index (χ2v) is 5.83. The quantitative estimate of drug-likeness (QED) is 0.855. The predicted octanol–water partition coefficient (Wildman–Crippen LogP) is 2.87. The van der Waals surface area contributed by atoms with Gasteiger partial charge in [0.05, 0.1) is 6.10 Å². The molecule has 0 aliphatic carbocycles. The lowest BCUT2D eigenvalue weighted by molar-refractivity contribution is 0.0676. The van der Waals surface area contributed by atoms with Crippen molar-refractivity contribution in [3.63, 3.8) is 0 Å². The van der Waals surface area contributed by atoms with Gasteiger partial charge in [-0.05, 0) is 50.3 Å². The third kappa shape index (κ3) is 3.76. The van der Waals surface area contributed by atoms with Gasteiger partial charge in [0.2, 0.25) is 0 Å². The standard InChI is InChI=1S/C17H23NO3/c19-17(18-9-2-1-3-10-18)14-6-4-7-15(12-14)21-13-16-8-5-11-20-16/h4,6-7,12,16H,1-3,5,8-11,13H2. The molecular formula is C17H23NO3. The molecule has 0 radical (unpaired) electrons. The fourth-order valence-electron chi connectivity index (χ4n) is 2.96. The lowest BCUT2D eigenvalue weighted by atomic mass is 10.1. The topological polar surface area (TPSA) is 38.8 Å². The van der Waals surface area contributed by atoms with Gasteiger partial charge in [0.1, 0.15) is 12.4 Å². The van der Waals surface area contributed by atoms with Crippen LogP contribution in [0.5, 0.6) is 5.75 Å². The first-order valence-electron chi connectivity index (χ1n) is 7.97. The molecular weight excluding hydrogens is 266 g/mol. The maximum Gasteiger partial charge on any atom is 0.253 e. The van der Waals surface area contributed by atoms with Crippen molar-refractivity contribution in [1.29, 1.82) is 0 Å². The number of amides is 1. The average molecular weight is 289 g/mol. The lowest BCUT2D eigenvalue weighted by Crippen LogP contribution is -2.35. The van der Waals surface area contributed by atoms with Crippen LogP contribution in [0.25, 0.3) is 0 Å². The lowest BCUT2D eigenvalue weighted by Gasteiger charge is -2.26. The minimum Gasteiger partial charge on any atom is -0.491 e. The maximum atomic E-state index is 12.5. The van der Waals surface area contributed by atoms with Crippen molar-refractivity contribution in [2.24, 2.45) is 0 Å². The van der Waals surface area contributed by atoms with Crippen LogP contribution in [0.1, 0.15) is 42.5 Å². The predicted molar refractivity (Wildman–Crippen MR) is 80.7 cm³/mol. The molecule has 0 aromatic heterocycles. The smallest absolute Gasteiger partial charge is 0.253 e. The summed E-state index contributed by atoms with van der Waals surface area (Å²) in [6.07, 6.45) is 5.83. The molecule has 1 atom stereocenters. The molecule has 2 saturated heterocycles. The first kappa shape index (κ1) is 14.4. The molecule has 114 valence electrons. The van der Waals surface area contributed by atoms with Crippen LogP contribution in [0.4, 0.5) is 0 Å². The number of likely N-dealkylation sites (tertiary alicyclic amines) is 1. The van der Waals surface area contributed by atoms with Gasteiger partial charge in [-0.15, -0.1) is 0 Å². The number of hydrogen-bond acceptors (Lipinski definition) is 3. The van der Waals surface area contributed by atoms with Crippen molar-refractivity contribution in [2.45, 2.75) is 38.2 Å². The molecule has 2 heterocycles. The number of ether oxygens (including phenoxy) is 2. The molecule has 0 N–H and O–H groups in total. The molecule has 1 unspecified atom stereocenters. The van der Waals surface area contributed by atoms with Crippen LogP contribution >= 0.6 is 0 Å². The van der Waals surface area contributed by atoms with Gasteiger partial charge in [0, 0.05) is 25.3 Å². The first-order valence-corrected chi connectivity index (χ1v) is 7.97. The van der Waals surface area contributed by atoms with Crippen molar-refractivity contribution in [3.8, 4) is 5.75 Å². The summed E-state index contributed by atoms with van der Waals surface area (Å²) in [6, 6.07) is 7.52. The van der Waals surface area contributed by atoms with Crippen LogP contribution in [0, 0.1) is 0 Å². The zero-order valence-corrected chi connectivity index (χ0v) is 12.4. The van der Waals surface area contributed by atoms with Crippen LogP contribution in [-0.4, -0.2) is 43.2 Å². The highest BCUT2D eigenvalue weighted by molar-refractivity contribution is 5.94. The average Bonchev–Trinajstić information content (AvgIpc) is 3.07. The van der Waals surface area contributed by atoms with E-state index >= 15 is 0 Å². The molecule has 2 aliphatic rings. The van der Waals surface area contributed by atoms with E-state index in [9.17, 15) is 4.79 Å². The Hall–Kier alpha value is -1.55. The van der Waals surface area contributed by atoms with Crippen LogP contribution < -0.4 is 4.74 Å². The highest BCUT2D eigenvalue weighted by atomic mass is 16.5. The summed E-state index contributed by atoms with van der Waals surface area (Å²) in [5.41, 5.74) is 0.724. The minimum absolute atomic E-state index is 0.122. The largest absolute Gasteiger partial charge is 0.491 e. The molecule has 1 amide bonds. The van der Waals surface area contributed by atoms with E-state index in [4.69, 9.17) is 9.47 Å². The number of benzene rings is 1. The van der Waals surface area contributed by atoms with Gasteiger partial charge < -0.3 is 14.4 Å². The van der Waals surface area contributed by atoms with Gasteiger partial charge in [0.15, 0.2) is 0 Å². The van der Waals surface area contributed by atoms with Gasteiger partial charge in [0.25, 0.3) is 5.91 Å². The highest BCUT2D eigenvalue weighted by Crippen LogP contribution is 2.19. The van der Waals surface area contributed by atoms with E-state index in [1.807, 2.05) is 29.2 Å². The fraction of sp³-hybridized carbons (Fsp3) is 0.588. The summed E-state index contributed by atoms with van der Waals surface area (Å²) in [4.78, 5) is 14.4. The van der Waals surface area contributed by atoms with E-state index in [-0.39, 0.29) is 12.0 Å². The molecule has 21 heavy (non-hydrogen) atoms. The Kier molecular flexibility index (Phi) is 4.76. The number of hydrogen-bond donors (Lipinski definition) is 0. The third-order valence-corrected chi connectivity index (χ3v) is 4.18. The highest BCUT2D eigenvalue weighted by Gasteiger charge is 2.19. The van der Waals surface area contributed by atoms with Gasteiger partial charge in [-0.25, -0.2) is 0 Å². The monoisotopic (exact) mass is 289 g/mol. The Balaban J connectivity index is 1.60. The molecule has 4 nitrogen and oxygen atoms in total. The van der Waals surface area contributed by atoms with E-state index in [0.717, 1.165) is 56.7 Å². The number of carbonyl (C=O) groups excluding carboxylic acids is 1. The van der Waals surface area contributed by atoms with Crippen molar-refractivity contribution in [2.75, 3.05) is 26.3 Å². The zero-order valence-electron chi connectivity index (χ0n) is 12.4. The summed E-state index contributed by atoms with van der Waals surface area (Å²) in [7, 11) is 0. The molecule has 4 heteroatoms. The zero-order chi connectivity index (χ0) is 14.5. The van der Waals surface area contributed by atoms with Crippen LogP contribution in [0.2, 0.25) is 0 Å². The van der Waals surface area contributed by atoms with E-state index < -0.39 is 0 Å². The maximum absolute atomic E-state index is 12.5. The van der Waals surface area contributed by atoms with Crippen molar-refractivity contribution < 1.29 is 14.3 Å². The first-order chi connectivity index (χ1) is 10.3. The minimum atomic E-state index is 0.122. The molecule has 0 bridgehead atoms. The van der Waals surface area contributed by atoms with Crippen molar-refractivity contribution in [1.82, 2.24) is 4.90 Å². The van der Waals surface area contributed by atoms with Crippen LogP contribution in [-0.2, 0) is 4.74 Å². The van der Waals surface area contributed by atoms with E-state index in [1.54, 1.807) is 0 Å². The summed E-state index contributed by atoms with van der Waals surface area (Å²) >= 11 is 0. The summed E-state index contributed by atoms with van der Waals surface area (Å²) in [6.45, 7) is 3.16. The van der Waals surface area contributed by atoms with Gasteiger partial charge in [-0.1, -0.05) is 6.07 Å². The van der Waals surface area contributed by atoms with Crippen molar-refractivity contribution in [3.05, 3.63) is 29.8 Å². The Labute approximate surface area is 126 Å².